The second kappa shape index (κ2) is 21.9. The van der Waals surface area contributed by atoms with Gasteiger partial charge in [-0.2, -0.15) is 11.8 Å². The maximum Gasteiger partial charge on any atom is 0.339 e. The van der Waals surface area contributed by atoms with Crippen LogP contribution in [0.5, 0.6) is 11.5 Å². The topological polar surface area (TPSA) is 201 Å². The molecule has 15 heteroatoms. The molecule has 0 spiro atoms. The van der Waals surface area contributed by atoms with Crippen LogP contribution in [0.15, 0.2) is 48.0 Å². The van der Waals surface area contributed by atoms with Crippen molar-refractivity contribution in [1.82, 2.24) is 21.3 Å². The van der Waals surface area contributed by atoms with Gasteiger partial charge in [-0.05, 0) is 101 Å². The Hall–Kier alpha value is -4.43. The molecular formula is C38H54ClN7O6S. The first-order valence-electron chi connectivity index (χ1n) is 18.3. The zero-order valence-corrected chi connectivity index (χ0v) is 32.2. The number of halogens is 1. The molecule has 2 heterocycles. The average molecular weight is 772 g/mol. The highest BCUT2D eigenvalue weighted by Crippen LogP contribution is 2.33. The third kappa shape index (κ3) is 13.5. The number of phenols is 1. The highest BCUT2D eigenvalue weighted by atomic mass is 35.5. The third-order valence-electron chi connectivity index (χ3n) is 9.31. The van der Waals surface area contributed by atoms with Crippen molar-refractivity contribution in [2.24, 2.45) is 5.73 Å². The number of carbonyl (C=O) groups is 4. The second-order valence-electron chi connectivity index (χ2n) is 13.1. The Morgan fingerprint density at radius 2 is 1.60 bits per heavy atom. The van der Waals surface area contributed by atoms with E-state index in [0.29, 0.717) is 85.7 Å². The Morgan fingerprint density at radius 3 is 2.23 bits per heavy atom. The highest BCUT2D eigenvalue weighted by Gasteiger charge is 2.42. The number of unbranched alkanes of at least 4 members (excludes halogenated alkanes) is 2. The van der Waals surface area contributed by atoms with Gasteiger partial charge in [0.2, 0.25) is 11.8 Å². The van der Waals surface area contributed by atoms with E-state index < -0.39 is 5.97 Å². The minimum Gasteiger partial charge on any atom is -1.00 e. The largest absolute Gasteiger partial charge is 1.00 e. The van der Waals surface area contributed by atoms with Crippen LogP contribution < -0.4 is 54.5 Å². The molecule has 3 atom stereocenters. The van der Waals surface area contributed by atoms with Crippen LogP contribution in [-0.2, 0) is 14.4 Å². The van der Waals surface area contributed by atoms with Gasteiger partial charge in [-0.1, -0.05) is 0 Å². The highest BCUT2D eigenvalue weighted by molar-refractivity contribution is 8.00. The summed E-state index contributed by atoms with van der Waals surface area (Å²) in [4.78, 5) is 51.6. The molecule has 2 aliphatic heterocycles. The van der Waals surface area contributed by atoms with E-state index in [1.165, 1.54) is 0 Å². The number of carbonyl (C=O) groups excluding carboxylic acids is 4. The molecule has 290 valence electrons. The second-order valence-corrected chi connectivity index (χ2v) is 14.4. The Morgan fingerprint density at radius 1 is 0.962 bits per heavy atom. The molecule has 2 fully saturated rings. The van der Waals surface area contributed by atoms with Gasteiger partial charge >= 0.3 is 12.0 Å². The van der Waals surface area contributed by atoms with E-state index in [2.05, 4.69) is 26.2 Å². The molecular weight excluding hydrogens is 718 g/mol. The van der Waals surface area contributed by atoms with E-state index >= 15 is 0 Å². The van der Waals surface area contributed by atoms with Crippen LogP contribution in [0.1, 0.15) is 82.8 Å². The van der Waals surface area contributed by atoms with Crippen molar-refractivity contribution in [1.29, 1.82) is 0 Å². The molecule has 4 amide bonds. The molecule has 53 heavy (non-hydrogen) atoms. The summed E-state index contributed by atoms with van der Waals surface area (Å²) in [5.41, 5.74) is 8.06. The smallest absolute Gasteiger partial charge is 0.339 e. The maximum atomic E-state index is 13.3. The number of ether oxygens (including phenoxy) is 1. The molecule has 0 radical (unpaired) electrons. The summed E-state index contributed by atoms with van der Waals surface area (Å²) < 4.78 is 5.65. The van der Waals surface area contributed by atoms with E-state index in [9.17, 15) is 24.3 Å². The fraction of sp³-hybridized carbons (Fsp3) is 0.500. The van der Waals surface area contributed by atoms with Gasteiger partial charge in [-0.15, -0.1) is 0 Å². The predicted molar refractivity (Wildman–Crippen MR) is 205 cm³/mol. The van der Waals surface area contributed by atoms with Crippen LogP contribution in [0.4, 0.5) is 10.5 Å². The summed E-state index contributed by atoms with van der Waals surface area (Å²) in [6.07, 6.45) is 7.12. The molecule has 3 unspecified atom stereocenters. The lowest BCUT2D eigenvalue weighted by Gasteiger charge is -2.21. The molecule has 13 nitrogen and oxygen atoms in total. The van der Waals surface area contributed by atoms with Crippen LogP contribution in [0.3, 0.4) is 0 Å². The van der Waals surface area contributed by atoms with Gasteiger partial charge in [0.15, 0.2) is 0 Å². The number of nitrogens with zero attached hydrogens (tertiary/aromatic N) is 1. The quantitative estimate of drug-likeness (QED) is 0.0168. The van der Waals surface area contributed by atoms with Gasteiger partial charge < -0.3 is 48.4 Å². The van der Waals surface area contributed by atoms with E-state index in [0.717, 1.165) is 37.4 Å². The number of fused-ring (bicyclic) bond motifs is 1. The zero-order chi connectivity index (χ0) is 37.5. The fourth-order valence-corrected chi connectivity index (χ4v) is 7.88. The number of amides is 4. The number of anilines is 1. The summed E-state index contributed by atoms with van der Waals surface area (Å²) in [7, 11) is 0. The standard InChI is InChI=1S/C38H53N7O6S.ClH/c1-3-45(4-2)28-17-14-26(31(46)23-28)22-27(37(49)51-29-18-15-25(16-19-29)36(39)40)10-5-7-20-41-33(47)12-6-8-21-42-34(48)13-9-11-32-35-30(24-52-32)43-38(50)44-35;/h14-19,22-23,30,32,35,46H,3-13,20-21,24H2,1-2H3,(H3,39,40)(H,41,47)(H,42,48)(H2,43,44,50);1H/b27-22+;. The number of thioether (sulfide) groups is 1. The lowest BCUT2D eigenvalue weighted by atomic mass is 10.0. The lowest BCUT2D eigenvalue weighted by molar-refractivity contribution is -0.130. The van der Waals surface area contributed by atoms with Gasteiger partial charge in [0, 0.05) is 72.9 Å². The first kappa shape index (κ1) is 43.0. The normalized spacial score (nSPS) is 17.5. The molecule has 0 saturated carbocycles. The summed E-state index contributed by atoms with van der Waals surface area (Å²) in [6.45, 7) is 6.68. The van der Waals surface area contributed by atoms with E-state index in [-0.39, 0.29) is 53.9 Å². The number of hydrogen-bond donors (Lipinski definition) is 7. The van der Waals surface area contributed by atoms with Crippen LogP contribution in [0, 0.1) is 0 Å². The number of rotatable bonds is 21. The monoisotopic (exact) mass is 771 g/mol. The minimum absolute atomic E-state index is 0. The van der Waals surface area contributed by atoms with Crippen molar-refractivity contribution < 1.29 is 46.8 Å². The summed E-state index contributed by atoms with van der Waals surface area (Å²) in [5, 5.41) is 28.6. The van der Waals surface area contributed by atoms with Crippen molar-refractivity contribution in [3.05, 3.63) is 59.2 Å². The Kier molecular flexibility index (Phi) is 17.8. The SMILES string of the molecule is CCN(CC)c1ccc(/C=C(\CCCCNC(=O)CCCCNC(=O)CCCC2SCC3NC(=O)NC32)C(=O)Oc2ccc(C(N)=[NH2+])cc2)c(O)c1.[Cl-]. The molecule has 0 bridgehead atoms. The van der Waals surface area contributed by atoms with E-state index in [4.69, 9.17) is 15.9 Å². The zero-order valence-electron chi connectivity index (χ0n) is 30.6. The number of aromatic hydroxyl groups is 1. The molecule has 4 rings (SSSR count). The van der Waals surface area contributed by atoms with Gasteiger partial charge in [0.05, 0.1) is 17.6 Å². The van der Waals surface area contributed by atoms with Gasteiger partial charge in [0.1, 0.15) is 11.5 Å². The molecule has 0 aliphatic carbocycles. The molecule has 2 saturated heterocycles. The predicted octanol–water partition coefficient (Wildman–Crippen LogP) is -0.395. The number of hydrogen-bond acceptors (Lipinski definition) is 8. The number of esters is 1. The maximum absolute atomic E-state index is 13.3. The molecule has 9 N–H and O–H groups in total. The van der Waals surface area contributed by atoms with Crippen LogP contribution in [0.25, 0.3) is 6.08 Å². The molecule has 2 aromatic carbocycles. The van der Waals surface area contributed by atoms with Crippen LogP contribution in [0.2, 0.25) is 0 Å². The summed E-state index contributed by atoms with van der Waals surface area (Å²) in [5.74, 6) is 0.889. The number of amidine groups is 1. The minimum atomic E-state index is -0.539. The summed E-state index contributed by atoms with van der Waals surface area (Å²) >= 11 is 1.85. The number of benzene rings is 2. The van der Waals surface area contributed by atoms with E-state index in [1.807, 2.05) is 31.7 Å². The van der Waals surface area contributed by atoms with Crippen molar-refractivity contribution in [3.8, 4) is 11.5 Å². The van der Waals surface area contributed by atoms with Crippen molar-refractivity contribution >= 4 is 53.2 Å². The van der Waals surface area contributed by atoms with E-state index in [1.54, 1.807) is 42.5 Å². The van der Waals surface area contributed by atoms with Crippen molar-refractivity contribution in [2.45, 2.75) is 89.0 Å². The third-order valence-corrected chi connectivity index (χ3v) is 10.8. The number of nitrogens with two attached hydrogens (primary N) is 2. The molecule has 2 aromatic rings. The van der Waals surface area contributed by atoms with Crippen molar-refractivity contribution in [3.63, 3.8) is 0 Å². The van der Waals surface area contributed by atoms with Gasteiger partial charge in [-0.25, -0.2) is 9.59 Å². The Balaban J connectivity index is 0.00000756. The number of phenolic OH excluding ortho intramolecular Hbond substituents is 1. The average Bonchev–Trinajstić information content (AvgIpc) is 3.68. The molecule has 0 aromatic heterocycles. The van der Waals surface area contributed by atoms with Gasteiger partial charge in [-0.3, -0.25) is 20.7 Å². The van der Waals surface area contributed by atoms with Crippen molar-refractivity contribution in [2.75, 3.05) is 36.8 Å². The number of nitrogens with one attached hydrogen (secondary N) is 4. The molecule has 2 aliphatic rings. The van der Waals surface area contributed by atoms with Crippen LogP contribution in [-0.4, -0.2) is 84.0 Å². The fourth-order valence-electron chi connectivity index (χ4n) is 6.34. The lowest BCUT2D eigenvalue weighted by Crippen LogP contribution is -3.00. The Bertz CT molecular complexity index is 1590. The van der Waals surface area contributed by atoms with Crippen LogP contribution >= 0.6 is 11.8 Å². The first-order chi connectivity index (χ1) is 25.1. The Labute approximate surface area is 322 Å². The number of urea groups is 1. The first-order valence-corrected chi connectivity index (χ1v) is 19.3. The summed E-state index contributed by atoms with van der Waals surface area (Å²) in [6, 6.07) is 12.2. The van der Waals surface area contributed by atoms with Gasteiger partial charge in [0.25, 0.3) is 5.84 Å².